The SMILES string of the molecule is C=C1/N=C\c2ccc(cc2)/C=N/CCN2CC/N=C/c3ccc(cc3)/C=N/CCN1C(=C)/N=C/c1ccc(cc1)/C=N/CC2. The van der Waals surface area contributed by atoms with Crippen molar-refractivity contribution in [1.29, 1.82) is 0 Å². The van der Waals surface area contributed by atoms with Crippen LogP contribution in [0.3, 0.4) is 0 Å². The molecule has 1 atom stereocenters. The molecule has 8 bridgehead atoms. The normalized spacial score (nSPS) is 22.7. The predicted molar refractivity (Wildman–Crippen MR) is 186 cm³/mol. The molecule has 12 heterocycles. The van der Waals surface area contributed by atoms with Gasteiger partial charge in [-0.2, -0.15) is 0 Å². The molecule has 1 unspecified atom stereocenters. The van der Waals surface area contributed by atoms with Crippen LogP contribution >= 0.6 is 0 Å². The summed E-state index contributed by atoms with van der Waals surface area (Å²) < 4.78 is 0. The van der Waals surface area contributed by atoms with Gasteiger partial charge in [0.15, 0.2) is 0 Å². The van der Waals surface area contributed by atoms with Gasteiger partial charge in [-0.1, -0.05) is 86.0 Å². The molecule has 0 saturated heterocycles. The molecule has 0 radical (unpaired) electrons. The zero-order chi connectivity index (χ0) is 30.4. The highest BCUT2D eigenvalue weighted by molar-refractivity contribution is 5.86. The van der Waals surface area contributed by atoms with Crippen molar-refractivity contribution in [3.05, 3.63) is 131 Å². The standard InChI is InChI=1S/C36H38N8/c1-29-41-27-35-11-7-33(8-12-35)24-38-16-20-43-19-15-37-23-31-3-5-32(6-4-31)26-40-18-22-44(29)30(2)42-28-36-13-9-34(10-14-36)25-39-17-21-43/h3-14,23-28H,1-2,15-22H2/b37-23+,38-24+,39-25+,40-26+,41-27-,42-28+. The molecule has 12 aliphatic heterocycles. The second-order valence-corrected chi connectivity index (χ2v) is 10.5. The second-order valence-electron chi connectivity index (χ2n) is 10.5. The van der Waals surface area contributed by atoms with Crippen LogP contribution in [0.5, 0.6) is 0 Å². The Hall–Kier alpha value is -5.08. The first-order valence-corrected chi connectivity index (χ1v) is 14.9. The largest absolute Gasteiger partial charge is 0.310 e. The minimum atomic E-state index is 0.519. The number of aliphatic imine (C=N–C) groups is 6. The zero-order valence-electron chi connectivity index (χ0n) is 25.0. The molecule has 8 heteroatoms. The minimum absolute atomic E-state index is 0.519. The minimum Gasteiger partial charge on any atom is -0.310 e. The van der Waals surface area contributed by atoms with E-state index in [2.05, 4.69) is 57.3 Å². The molecule has 0 amide bonds. The van der Waals surface area contributed by atoms with Crippen LogP contribution in [-0.4, -0.2) is 99.4 Å². The van der Waals surface area contributed by atoms with Crippen LogP contribution in [0.4, 0.5) is 0 Å². The Labute approximate surface area is 260 Å². The summed E-state index contributed by atoms with van der Waals surface area (Å²) in [6.45, 7) is 14.1. The molecule has 0 aromatic heterocycles. The van der Waals surface area contributed by atoms with Crippen LogP contribution in [-0.2, 0) is 0 Å². The van der Waals surface area contributed by atoms with Crippen LogP contribution < -0.4 is 0 Å². The summed E-state index contributed by atoms with van der Waals surface area (Å²) in [6, 6.07) is 24.5. The van der Waals surface area contributed by atoms with Gasteiger partial charge in [0.1, 0.15) is 11.6 Å². The molecule has 12 aliphatic rings. The number of hydrogen-bond donors (Lipinski definition) is 0. The molecule has 0 spiro atoms. The van der Waals surface area contributed by atoms with Gasteiger partial charge < -0.3 is 4.90 Å². The highest BCUT2D eigenvalue weighted by Crippen LogP contribution is 2.14. The third-order valence-corrected chi connectivity index (χ3v) is 7.21. The van der Waals surface area contributed by atoms with E-state index < -0.39 is 0 Å². The number of hydrogen-bond acceptors (Lipinski definition) is 8. The maximum absolute atomic E-state index is 4.70. The number of benzene rings is 3. The summed E-state index contributed by atoms with van der Waals surface area (Å²) in [5, 5.41) is 0. The van der Waals surface area contributed by atoms with Gasteiger partial charge in [0.2, 0.25) is 0 Å². The highest BCUT2D eigenvalue weighted by Gasteiger charge is 2.10. The van der Waals surface area contributed by atoms with E-state index in [0.717, 1.165) is 53.0 Å². The van der Waals surface area contributed by atoms with Gasteiger partial charge in [0, 0.05) is 63.5 Å². The topological polar surface area (TPSA) is 80.6 Å². The van der Waals surface area contributed by atoms with Crippen LogP contribution in [0.1, 0.15) is 33.4 Å². The summed E-state index contributed by atoms with van der Waals surface area (Å²) in [5.74, 6) is 1.07. The van der Waals surface area contributed by atoms with Crippen LogP contribution in [0.15, 0.2) is 128 Å². The van der Waals surface area contributed by atoms with Crippen molar-refractivity contribution in [3.8, 4) is 0 Å². The van der Waals surface area contributed by atoms with E-state index in [0.29, 0.717) is 44.4 Å². The lowest BCUT2D eigenvalue weighted by molar-refractivity contribution is 0.298. The monoisotopic (exact) mass is 582 g/mol. The van der Waals surface area contributed by atoms with Gasteiger partial charge in [-0.3, -0.25) is 24.9 Å². The first-order chi connectivity index (χ1) is 21.6. The maximum atomic E-state index is 4.70. The maximum Gasteiger partial charge on any atom is 0.126 e. The molecule has 0 saturated carbocycles. The Morgan fingerprint density at radius 3 is 0.977 bits per heavy atom. The van der Waals surface area contributed by atoms with Crippen LogP contribution in [0.25, 0.3) is 0 Å². The number of nitrogens with zero attached hydrogens (tertiary/aromatic N) is 8. The molecule has 0 aliphatic carbocycles. The molecule has 8 nitrogen and oxygen atoms in total. The van der Waals surface area contributed by atoms with Gasteiger partial charge in [0.05, 0.1) is 26.2 Å². The second kappa shape index (κ2) is 16.0. The van der Waals surface area contributed by atoms with E-state index in [1.165, 1.54) is 0 Å². The summed E-state index contributed by atoms with van der Waals surface area (Å²) in [6.07, 6.45) is 11.3. The van der Waals surface area contributed by atoms with E-state index >= 15 is 0 Å². The lowest BCUT2D eigenvalue weighted by Crippen LogP contribution is -2.31. The van der Waals surface area contributed by atoms with Crippen molar-refractivity contribution >= 4 is 37.3 Å². The van der Waals surface area contributed by atoms with Crippen molar-refractivity contribution in [2.75, 3.05) is 52.4 Å². The predicted octanol–water partition coefficient (Wildman–Crippen LogP) is 5.17. The molecule has 0 N–H and O–H groups in total. The summed E-state index contributed by atoms with van der Waals surface area (Å²) >= 11 is 0. The van der Waals surface area contributed by atoms with Crippen LogP contribution in [0.2, 0.25) is 0 Å². The smallest absolute Gasteiger partial charge is 0.126 e. The first-order valence-electron chi connectivity index (χ1n) is 14.9. The molecular weight excluding hydrogens is 544 g/mol. The van der Waals surface area contributed by atoms with E-state index in [9.17, 15) is 0 Å². The Kier molecular flexibility index (Phi) is 11.0. The van der Waals surface area contributed by atoms with Crippen molar-refractivity contribution < 1.29 is 0 Å². The zero-order valence-corrected chi connectivity index (χ0v) is 25.0. The molecule has 44 heavy (non-hydrogen) atoms. The lowest BCUT2D eigenvalue weighted by Gasteiger charge is -2.22. The van der Waals surface area contributed by atoms with Crippen molar-refractivity contribution in [2.45, 2.75) is 0 Å². The van der Waals surface area contributed by atoms with Crippen molar-refractivity contribution in [2.24, 2.45) is 30.0 Å². The van der Waals surface area contributed by atoms with Crippen molar-refractivity contribution in [3.63, 3.8) is 0 Å². The Balaban J connectivity index is 1.49. The van der Waals surface area contributed by atoms with E-state index in [4.69, 9.17) is 15.0 Å². The summed E-state index contributed by atoms with van der Waals surface area (Å²) in [4.78, 5) is 32.3. The van der Waals surface area contributed by atoms with Gasteiger partial charge in [-0.25, -0.2) is 9.98 Å². The summed E-state index contributed by atoms with van der Waals surface area (Å²) in [7, 11) is 0. The fraction of sp³-hybridized carbons (Fsp3) is 0.222. The molecule has 3 aromatic carbocycles. The Bertz CT molecular complexity index is 1490. The molecule has 3 aromatic rings. The average Bonchev–Trinajstić information content (AvgIpc) is 3.05. The third-order valence-electron chi connectivity index (χ3n) is 7.21. The first kappa shape index (κ1) is 30.4. The van der Waals surface area contributed by atoms with Crippen LogP contribution in [0, 0.1) is 0 Å². The third kappa shape index (κ3) is 9.47. The van der Waals surface area contributed by atoms with Gasteiger partial charge >= 0.3 is 0 Å². The van der Waals surface area contributed by atoms with E-state index in [-0.39, 0.29) is 0 Å². The highest BCUT2D eigenvalue weighted by atomic mass is 15.3. The Morgan fingerprint density at radius 1 is 0.386 bits per heavy atom. The fourth-order valence-corrected chi connectivity index (χ4v) is 4.62. The lowest BCUT2D eigenvalue weighted by atomic mass is 10.1. The molecule has 222 valence electrons. The van der Waals surface area contributed by atoms with Crippen molar-refractivity contribution in [1.82, 2.24) is 9.80 Å². The summed E-state index contributed by atoms with van der Waals surface area (Å²) in [5.41, 5.74) is 6.10. The average molecular weight is 583 g/mol. The van der Waals surface area contributed by atoms with Gasteiger partial charge in [-0.05, 0) is 33.4 Å². The van der Waals surface area contributed by atoms with Gasteiger partial charge in [-0.15, -0.1) is 0 Å². The quantitative estimate of drug-likeness (QED) is 0.366. The molecule has 15 rings (SSSR count). The van der Waals surface area contributed by atoms with E-state index in [1.807, 2.05) is 78.3 Å². The van der Waals surface area contributed by atoms with Gasteiger partial charge in [0.25, 0.3) is 0 Å². The fourth-order valence-electron chi connectivity index (χ4n) is 4.62. The molecular formula is C36H38N8. The number of rotatable bonds is 0. The Morgan fingerprint density at radius 2 is 0.659 bits per heavy atom. The van der Waals surface area contributed by atoms with E-state index in [1.54, 1.807) is 12.4 Å². The molecule has 0 fully saturated rings.